The molecule has 7 nitrogen and oxygen atoms in total. The van der Waals surface area contributed by atoms with E-state index in [-0.39, 0.29) is 18.2 Å². The van der Waals surface area contributed by atoms with Crippen molar-refractivity contribution in [2.75, 3.05) is 6.54 Å². The summed E-state index contributed by atoms with van der Waals surface area (Å²) in [6, 6.07) is 11.4. The van der Waals surface area contributed by atoms with Crippen molar-refractivity contribution in [1.82, 2.24) is 21.5 Å². The van der Waals surface area contributed by atoms with Gasteiger partial charge < -0.3 is 10.6 Å². The van der Waals surface area contributed by atoms with Gasteiger partial charge in [-0.05, 0) is 41.8 Å². The minimum Gasteiger partial charge on any atom is -0.356 e. The van der Waals surface area contributed by atoms with Gasteiger partial charge in [0.15, 0.2) is 0 Å². The first-order chi connectivity index (χ1) is 14.8. The van der Waals surface area contributed by atoms with Gasteiger partial charge in [-0.25, -0.2) is 19.6 Å². The van der Waals surface area contributed by atoms with Gasteiger partial charge in [-0.1, -0.05) is 19.9 Å². The lowest BCUT2D eigenvalue weighted by Crippen LogP contribution is -2.50. The quantitative estimate of drug-likeness (QED) is 0.433. The Kier molecular flexibility index (Phi) is 7.28. The number of nitrogens with one attached hydrogen (secondary N) is 4. The Morgan fingerprint density at radius 2 is 1.97 bits per heavy atom. The van der Waals surface area contributed by atoms with Gasteiger partial charge in [0.05, 0.1) is 17.8 Å². The van der Waals surface area contributed by atoms with Gasteiger partial charge in [-0.15, -0.1) is 0 Å². The van der Waals surface area contributed by atoms with Gasteiger partial charge in [-0.2, -0.15) is 10.3 Å². The normalized spacial score (nSPS) is 18.6. The highest BCUT2D eigenvalue weighted by Crippen LogP contribution is 2.23. The van der Waals surface area contributed by atoms with Crippen molar-refractivity contribution in [3.05, 3.63) is 70.8 Å². The molecule has 0 spiro atoms. The number of hydrogen-bond acceptors (Lipinski definition) is 4. The van der Waals surface area contributed by atoms with Crippen molar-refractivity contribution in [3.8, 4) is 6.07 Å². The summed E-state index contributed by atoms with van der Waals surface area (Å²) in [5.74, 6) is -1.20. The van der Waals surface area contributed by atoms with Gasteiger partial charge in [0.2, 0.25) is 5.96 Å². The molecule has 2 aromatic carbocycles. The van der Waals surface area contributed by atoms with Crippen LogP contribution >= 0.6 is 0 Å². The summed E-state index contributed by atoms with van der Waals surface area (Å²) in [5, 5.41) is 15.3. The first-order valence-corrected chi connectivity index (χ1v) is 9.94. The molecule has 1 fully saturated rings. The van der Waals surface area contributed by atoms with E-state index in [1.54, 1.807) is 18.2 Å². The minimum atomic E-state index is -0.640. The van der Waals surface area contributed by atoms with Crippen LogP contribution in [0.25, 0.3) is 0 Å². The highest BCUT2D eigenvalue weighted by atomic mass is 19.1. The lowest BCUT2D eigenvalue weighted by molar-refractivity contribution is 0.100. The molecule has 2 aromatic rings. The Bertz CT molecular complexity index is 997. The van der Waals surface area contributed by atoms with Crippen molar-refractivity contribution in [2.45, 2.75) is 32.5 Å². The number of rotatable bonds is 5. The van der Waals surface area contributed by atoms with E-state index < -0.39 is 17.5 Å². The maximum atomic E-state index is 13.5. The number of nitrogens with zero attached hydrogens (tertiary/aromatic N) is 2. The van der Waals surface area contributed by atoms with Crippen molar-refractivity contribution in [3.63, 3.8) is 0 Å². The Labute approximate surface area is 179 Å². The molecule has 1 saturated heterocycles. The average Bonchev–Trinajstić information content (AvgIpc) is 3.20. The van der Waals surface area contributed by atoms with Crippen LogP contribution in [0.1, 0.15) is 47.8 Å². The first kappa shape index (κ1) is 22.3. The van der Waals surface area contributed by atoms with Crippen molar-refractivity contribution in [2.24, 2.45) is 10.9 Å². The van der Waals surface area contributed by atoms with E-state index in [9.17, 15) is 13.6 Å². The van der Waals surface area contributed by atoms with E-state index in [2.05, 4.69) is 26.5 Å². The minimum absolute atomic E-state index is 0.270. The highest BCUT2D eigenvalue weighted by Gasteiger charge is 2.26. The molecular formula is C22H24F2N6O. The molecule has 1 aliphatic heterocycles. The lowest BCUT2D eigenvalue weighted by Gasteiger charge is -2.18. The standard InChI is InChI=1S/C22H24F2N6O/c1-13(2)12-26-22(28-21(31)15-5-3-4-14(6-15)11-25)27-20-10-19(29-30-20)16-7-17(23)9-18(24)8-16/h3-9,13,19-20,29-30H,10,12H2,1-2H3,(H2,26,27,28,31). The summed E-state index contributed by atoms with van der Waals surface area (Å²) in [7, 11) is 0. The maximum absolute atomic E-state index is 13.5. The Balaban J connectivity index is 1.72. The number of hydrazine groups is 1. The largest absolute Gasteiger partial charge is 0.356 e. The Hall–Kier alpha value is -3.35. The molecule has 31 heavy (non-hydrogen) atoms. The van der Waals surface area contributed by atoms with Crippen LogP contribution < -0.4 is 21.5 Å². The maximum Gasteiger partial charge on any atom is 0.280 e. The number of halogens is 2. The molecule has 2 unspecified atom stereocenters. The molecule has 4 N–H and O–H groups in total. The summed E-state index contributed by atoms with van der Waals surface area (Å²) >= 11 is 0. The predicted octanol–water partition coefficient (Wildman–Crippen LogP) is 2.73. The van der Waals surface area contributed by atoms with E-state index in [1.165, 1.54) is 18.2 Å². The molecule has 3 rings (SSSR count). The number of guanidine groups is 1. The molecule has 162 valence electrons. The molecule has 0 aliphatic carbocycles. The van der Waals surface area contributed by atoms with Crippen LogP contribution in [0, 0.1) is 28.9 Å². The predicted molar refractivity (Wildman–Crippen MR) is 113 cm³/mol. The summed E-state index contributed by atoms with van der Waals surface area (Å²) in [6.45, 7) is 4.62. The fourth-order valence-corrected chi connectivity index (χ4v) is 3.12. The molecular weight excluding hydrogens is 402 g/mol. The van der Waals surface area contributed by atoms with Gasteiger partial charge in [0.25, 0.3) is 5.91 Å². The zero-order chi connectivity index (χ0) is 22.4. The van der Waals surface area contributed by atoms with E-state index in [1.807, 2.05) is 19.9 Å². The van der Waals surface area contributed by atoms with Gasteiger partial charge in [0, 0.05) is 30.6 Å². The fourth-order valence-electron chi connectivity index (χ4n) is 3.12. The number of carbonyl (C=O) groups is 1. The molecule has 0 radical (unpaired) electrons. The number of benzene rings is 2. The second-order valence-corrected chi connectivity index (χ2v) is 7.71. The van der Waals surface area contributed by atoms with Crippen LogP contribution in [-0.2, 0) is 0 Å². The van der Waals surface area contributed by atoms with Crippen LogP contribution in [0.5, 0.6) is 0 Å². The summed E-state index contributed by atoms with van der Waals surface area (Å²) in [6.07, 6.45) is 0.122. The SMILES string of the molecule is CC(C)CN/C(=N/C(=O)c1cccc(C#N)c1)NC1CC(c2cc(F)cc(F)c2)NN1. The second-order valence-electron chi connectivity index (χ2n) is 7.71. The molecule has 0 saturated carbocycles. The fraction of sp³-hybridized carbons (Fsp3) is 0.318. The molecule has 2 atom stereocenters. The first-order valence-electron chi connectivity index (χ1n) is 9.94. The van der Waals surface area contributed by atoms with E-state index in [0.717, 1.165) is 6.07 Å². The van der Waals surface area contributed by atoms with E-state index in [0.29, 0.717) is 35.6 Å². The van der Waals surface area contributed by atoms with Crippen LogP contribution in [0.15, 0.2) is 47.5 Å². The van der Waals surface area contributed by atoms with E-state index >= 15 is 0 Å². The number of amides is 1. The van der Waals surface area contributed by atoms with Crippen LogP contribution in [-0.4, -0.2) is 24.6 Å². The highest BCUT2D eigenvalue weighted by molar-refractivity contribution is 6.02. The van der Waals surface area contributed by atoms with Crippen LogP contribution in [0.3, 0.4) is 0 Å². The molecule has 1 aliphatic rings. The van der Waals surface area contributed by atoms with Gasteiger partial charge in [0.1, 0.15) is 11.6 Å². The second kappa shape index (κ2) is 10.1. The lowest BCUT2D eigenvalue weighted by atomic mass is 10.0. The zero-order valence-electron chi connectivity index (χ0n) is 17.2. The number of carbonyl (C=O) groups excluding carboxylic acids is 1. The number of aliphatic imine (C=N–C) groups is 1. The molecule has 1 amide bonds. The van der Waals surface area contributed by atoms with Crippen LogP contribution in [0.4, 0.5) is 8.78 Å². The molecule has 1 heterocycles. The molecule has 0 aromatic heterocycles. The average molecular weight is 426 g/mol. The van der Waals surface area contributed by atoms with Crippen LogP contribution in [0.2, 0.25) is 0 Å². The van der Waals surface area contributed by atoms with E-state index in [4.69, 9.17) is 5.26 Å². The monoisotopic (exact) mass is 426 g/mol. The topological polar surface area (TPSA) is 101 Å². The Morgan fingerprint density at radius 1 is 1.23 bits per heavy atom. The summed E-state index contributed by atoms with van der Waals surface area (Å²) < 4.78 is 27.1. The third-order valence-electron chi connectivity index (χ3n) is 4.63. The Morgan fingerprint density at radius 3 is 2.65 bits per heavy atom. The summed E-state index contributed by atoms with van der Waals surface area (Å²) in [4.78, 5) is 16.7. The number of hydrogen-bond donors (Lipinski definition) is 4. The number of nitriles is 1. The third-order valence-corrected chi connectivity index (χ3v) is 4.63. The van der Waals surface area contributed by atoms with Gasteiger partial charge in [-0.3, -0.25) is 4.79 Å². The van der Waals surface area contributed by atoms with Crippen molar-refractivity contribution in [1.29, 1.82) is 5.26 Å². The zero-order valence-corrected chi connectivity index (χ0v) is 17.2. The van der Waals surface area contributed by atoms with Crippen molar-refractivity contribution >= 4 is 11.9 Å². The molecule has 9 heteroatoms. The van der Waals surface area contributed by atoms with Gasteiger partial charge >= 0.3 is 0 Å². The van der Waals surface area contributed by atoms with Crippen molar-refractivity contribution < 1.29 is 13.6 Å². The summed E-state index contributed by atoms with van der Waals surface area (Å²) in [5.41, 5.74) is 7.16. The third kappa shape index (κ3) is 6.31. The smallest absolute Gasteiger partial charge is 0.280 e. The molecule has 0 bridgehead atoms.